The predicted molar refractivity (Wildman–Crippen MR) is 72.7 cm³/mol. The Balaban J connectivity index is 2.44. The van der Waals surface area contributed by atoms with Crippen LogP contribution in [0.5, 0.6) is 0 Å². The number of nitrogens with one attached hydrogen (secondary N) is 1. The minimum absolute atomic E-state index is 0.774. The summed E-state index contributed by atoms with van der Waals surface area (Å²) < 4.78 is 0. The molecule has 1 N–H and O–H groups in total. The van der Waals surface area contributed by atoms with Crippen LogP contribution < -0.4 is 5.32 Å². The molecular weight excluding hydrogens is 194 g/mol. The predicted octanol–water partition coefficient (Wildman–Crippen LogP) is 4.23. The second-order valence-corrected chi connectivity index (χ2v) is 5.96. The molecule has 3 atom stereocenters. The molecule has 1 rings (SSSR count). The Bertz CT molecular complexity index is 176. The van der Waals surface area contributed by atoms with E-state index in [-0.39, 0.29) is 0 Å². The molecule has 1 aliphatic rings. The molecule has 1 heteroatoms. The largest absolute Gasteiger partial charge is 0.317 e. The molecule has 1 fully saturated rings. The number of hydrogen-bond acceptors (Lipinski definition) is 1. The van der Waals surface area contributed by atoms with E-state index >= 15 is 0 Å². The molecule has 16 heavy (non-hydrogen) atoms. The fourth-order valence-electron chi connectivity index (χ4n) is 3.35. The zero-order chi connectivity index (χ0) is 12.0. The van der Waals surface area contributed by atoms with E-state index in [1.807, 2.05) is 0 Å². The first kappa shape index (κ1) is 14.0. The molecule has 0 radical (unpaired) electrons. The first-order chi connectivity index (χ1) is 7.69. The molecule has 0 heterocycles. The van der Waals surface area contributed by atoms with Gasteiger partial charge in [-0.2, -0.15) is 0 Å². The lowest BCUT2D eigenvalue weighted by atomic mass is 9.86. The maximum absolute atomic E-state index is 3.54. The van der Waals surface area contributed by atoms with Crippen molar-refractivity contribution in [3.05, 3.63) is 0 Å². The average Bonchev–Trinajstić information content (AvgIpc) is 2.51. The average molecular weight is 225 g/mol. The van der Waals surface area contributed by atoms with Crippen molar-refractivity contribution >= 4 is 0 Å². The van der Waals surface area contributed by atoms with Gasteiger partial charge in [-0.05, 0) is 50.5 Å². The first-order valence-electron chi connectivity index (χ1n) is 7.36. The first-order valence-corrected chi connectivity index (χ1v) is 7.36. The van der Waals surface area contributed by atoms with Crippen LogP contribution in [-0.4, -0.2) is 13.1 Å². The van der Waals surface area contributed by atoms with E-state index < -0.39 is 0 Å². The van der Waals surface area contributed by atoms with Gasteiger partial charge in [-0.25, -0.2) is 0 Å². The van der Waals surface area contributed by atoms with E-state index in [2.05, 4.69) is 33.1 Å². The highest BCUT2D eigenvalue weighted by molar-refractivity contribution is 4.80. The van der Waals surface area contributed by atoms with E-state index in [0.29, 0.717) is 0 Å². The standard InChI is InChI=1S/C15H31N/c1-5-7-15(16-4)14-9-6-8-13(10-11-14)12(2)3/h12-16H,5-11H2,1-4H3. The lowest BCUT2D eigenvalue weighted by molar-refractivity contribution is 0.299. The molecule has 96 valence electrons. The molecule has 1 aliphatic carbocycles. The summed E-state index contributed by atoms with van der Waals surface area (Å²) in [7, 11) is 2.14. The Kier molecular flexibility index (Phi) is 6.41. The summed E-state index contributed by atoms with van der Waals surface area (Å²) in [4.78, 5) is 0. The van der Waals surface area contributed by atoms with Crippen LogP contribution in [0, 0.1) is 17.8 Å². The lowest BCUT2D eigenvalue weighted by Gasteiger charge is -2.26. The van der Waals surface area contributed by atoms with Gasteiger partial charge in [0, 0.05) is 6.04 Å². The molecular formula is C15H31N. The number of rotatable bonds is 5. The van der Waals surface area contributed by atoms with E-state index in [0.717, 1.165) is 23.8 Å². The molecule has 0 bridgehead atoms. The summed E-state index contributed by atoms with van der Waals surface area (Å²) in [5.74, 6) is 2.82. The molecule has 1 nitrogen and oxygen atoms in total. The van der Waals surface area contributed by atoms with Crippen LogP contribution in [-0.2, 0) is 0 Å². The Labute approximate surface area is 102 Å². The molecule has 0 spiro atoms. The molecule has 0 aromatic rings. The maximum Gasteiger partial charge on any atom is 0.00922 e. The molecule has 0 aliphatic heterocycles. The minimum atomic E-state index is 0.774. The molecule has 3 unspecified atom stereocenters. The molecule has 1 saturated carbocycles. The van der Waals surface area contributed by atoms with Gasteiger partial charge >= 0.3 is 0 Å². The van der Waals surface area contributed by atoms with Crippen LogP contribution in [0.4, 0.5) is 0 Å². The van der Waals surface area contributed by atoms with E-state index in [9.17, 15) is 0 Å². The van der Waals surface area contributed by atoms with Gasteiger partial charge < -0.3 is 5.32 Å². The summed E-state index contributed by atoms with van der Waals surface area (Å²) in [6.07, 6.45) is 9.96. The highest BCUT2D eigenvalue weighted by Crippen LogP contribution is 2.33. The normalized spacial score (nSPS) is 29.1. The Hall–Kier alpha value is -0.0400. The fraction of sp³-hybridized carbons (Fsp3) is 1.00. The van der Waals surface area contributed by atoms with Gasteiger partial charge in [0.05, 0.1) is 0 Å². The Morgan fingerprint density at radius 2 is 1.69 bits per heavy atom. The van der Waals surface area contributed by atoms with Crippen molar-refractivity contribution in [1.29, 1.82) is 0 Å². The quantitative estimate of drug-likeness (QED) is 0.691. The van der Waals surface area contributed by atoms with Gasteiger partial charge in [0.15, 0.2) is 0 Å². The van der Waals surface area contributed by atoms with Crippen LogP contribution in [0.2, 0.25) is 0 Å². The van der Waals surface area contributed by atoms with Crippen LogP contribution in [0.3, 0.4) is 0 Å². The van der Waals surface area contributed by atoms with Crippen molar-refractivity contribution in [2.75, 3.05) is 7.05 Å². The zero-order valence-electron chi connectivity index (χ0n) is 11.8. The van der Waals surface area contributed by atoms with Crippen LogP contribution in [0.15, 0.2) is 0 Å². The van der Waals surface area contributed by atoms with Crippen molar-refractivity contribution in [2.45, 2.75) is 71.8 Å². The fourth-order valence-corrected chi connectivity index (χ4v) is 3.35. The van der Waals surface area contributed by atoms with Gasteiger partial charge in [-0.15, -0.1) is 0 Å². The summed E-state index contributed by atoms with van der Waals surface area (Å²) >= 11 is 0. The van der Waals surface area contributed by atoms with Crippen molar-refractivity contribution < 1.29 is 0 Å². The Morgan fingerprint density at radius 3 is 2.25 bits per heavy atom. The molecule has 0 saturated heterocycles. The monoisotopic (exact) mass is 225 g/mol. The van der Waals surface area contributed by atoms with Crippen molar-refractivity contribution in [1.82, 2.24) is 5.32 Å². The topological polar surface area (TPSA) is 12.0 Å². The summed E-state index contributed by atoms with van der Waals surface area (Å²) in [5, 5.41) is 3.54. The van der Waals surface area contributed by atoms with Gasteiger partial charge in [0.2, 0.25) is 0 Å². The SMILES string of the molecule is CCCC(NC)C1CCCC(C(C)C)CC1. The molecule has 0 amide bonds. The van der Waals surface area contributed by atoms with Gasteiger partial charge in [0.1, 0.15) is 0 Å². The maximum atomic E-state index is 3.54. The van der Waals surface area contributed by atoms with Crippen molar-refractivity contribution in [3.8, 4) is 0 Å². The van der Waals surface area contributed by atoms with Crippen LogP contribution >= 0.6 is 0 Å². The molecule has 0 aromatic heterocycles. The summed E-state index contributed by atoms with van der Waals surface area (Å²) in [6, 6.07) is 0.774. The zero-order valence-corrected chi connectivity index (χ0v) is 11.8. The lowest BCUT2D eigenvalue weighted by Crippen LogP contribution is -2.33. The third-order valence-electron chi connectivity index (χ3n) is 4.54. The number of hydrogen-bond donors (Lipinski definition) is 1. The smallest absolute Gasteiger partial charge is 0.00922 e. The highest BCUT2D eigenvalue weighted by atomic mass is 14.9. The second-order valence-electron chi connectivity index (χ2n) is 5.96. The summed E-state index contributed by atoms with van der Waals surface area (Å²) in [5.41, 5.74) is 0. The van der Waals surface area contributed by atoms with Crippen LogP contribution in [0.25, 0.3) is 0 Å². The highest BCUT2D eigenvalue weighted by Gasteiger charge is 2.25. The Morgan fingerprint density at radius 1 is 1.06 bits per heavy atom. The van der Waals surface area contributed by atoms with Gasteiger partial charge in [0.25, 0.3) is 0 Å². The van der Waals surface area contributed by atoms with Crippen molar-refractivity contribution in [3.63, 3.8) is 0 Å². The van der Waals surface area contributed by atoms with Crippen LogP contribution in [0.1, 0.15) is 65.7 Å². The minimum Gasteiger partial charge on any atom is -0.317 e. The van der Waals surface area contributed by atoms with E-state index in [1.54, 1.807) is 0 Å². The van der Waals surface area contributed by atoms with Gasteiger partial charge in [-0.3, -0.25) is 0 Å². The van der Waals surface area contributed by atoms with E-state index in [1.165, 1.54) is 44.9 Å². The third kappa shape index (κ3) is 4.08. The second kappa shape index (κ2) is 7.32. The van der Waals surface area contributed by atoms with E-state index in [4.69, 9.17) is 0 Å². The van der Waals surface area contributed by atoms with Gasteiger partial charge in [-0.1, -0.05) is 40.0 Å². The van der Waals surface area contributed by atoms with Crippen molar-refractivity contribution in [2.24, 2.45) is 17.8 Å². The molecule has 0 aromatic carbocycles. The summed E-state index contributed by atoms with van der Waals surface area (Å²) in [6.45, 7) is 7.09. The third-order valence-corrected chi connectivity index (χ3v) is 4.54.